The maximum atomic E-state index is 4.02. The molecule has 56 valence electrons. The average Bonchev–Trinajstić information content (AvgIpc) is 1.89. The Morgan fingerprint density at radius 1 is 1.11 bits per heavy atom. The van der Waals surface area contributed by atoms with Crippen LogP contribution in [-0.2, 0) is 0 Å². The molecule has 0 atom stereocenters. The van der Waals surface area contributed by atoms with E-state index in [0.717, 1.165) is 0 Å². The van der Waals surface area contributed by atoms with Gasteiger partial charge in [0.2, 0.25) is 0 Å². The van der Waals surface area contributed by atoms with Crippen molar-refractivity contribution in [2.75, 3.05) is 0 Å². The van der Waals surface area contributed by atoms with Gasteiger partial charge in [0.05, 0.1) is 0 Å². The molecule has 0 aliphatic carbocycles. The van der Waals surface area contributed by atoms with Crippen LogP contribution in [0.25, 0.3) is 0 Å². The van der Waals surface area contributed by atoms with E-state index in [9.17, 15) is 0 Å². The predicted molar refractivity (Wildman–Crippen MR) is 46.7 cm³/mol. The molecule has 0 aliphatic rings. The highest BCUT2D eigenvalue weighted by Crippen LogP contribution is 2.06. The normalized spacial score (nSPS) is 10.0. The molecule has 0 spiro atoms. The summed E-state index contributed by atoms with van der Waals surface area (Å²) in [5.74, 6) is 1.95. The molecule has 0 saturated heterocycles. The molecule has 0 aromatic carbocycles. The fourth-order valence-electron chi connectivity index (χ4n) is 0.839. The highest BCUT2D eigenvalue weighted by molar-refractivity contribution is 7.82. The van der Waals surface area contributed by atoms with Crippen LogP contribution in [0, 0.1) is 5.75 Å². The molecule has 0 unspecified atom stereocenters. The third-order valence-corrected chi connectivity index (χ3v) is 1.69. The maximum absolute atomic E-state index is 4.02. The fraction of sp³-hybridized carbons (Fsp3) is 0.875. The van der Waals surface area contributed by atoms with Gasteiger partial charge in [0.1, 0.15) is 0 Å². The molecule has 0 nitrogen and oxygen atoms in total. The van der Waals surface area contributed by atoms with Gasteiger partial charge < -0.3 is 12.6 Å². The van der Waals surface area contributed by atoms with Crippen LogP contribution < -0.4 is 0 Å². The average molecular weight is 145 g/mol. The zero-order valence-corrected chi connectivity index (χ0v) is 7.16. The van der Waals surface area contributed by atoms with E-state index in [0.29, 0.717) is 0 Å². The Morgan fingerprint density at radius 2 is 1.78 bits per heavy atom. The van der Waals surface area contributed by atoms with Gasteiger partial charge in [-0.3, -0.25) is 5.75 Å². The molecular formula is C8H17S-. The minimum absolute atomic E-state index is 1.17. The van der Waals surface area contributed by atoms with E-state index >= 15 is 0 Å². The van der Waals surface area contributed by atoms with E-state index in [2.05, 4.69) is 19.6 Å². The zero-order valence-electron chi connectivity index (χ0n) is 6.27. The molecule has 0 N–H and O–H groups in total. The molecule has 0 bridgehead atoms. The molecule has 0 radical (unpaired) electrons. The van der Waals surface area contributed by atoms with Gasteiger partial charge in [-0.15, -0.1) is 0 Å². The second-order valence-corrected chi connectivity index (χ2v) is 2.75. The third kappa shape index (κ3) is 8.35. The highest BCUT2D eigenvalue weighted by Gasteiger charge is 1.82. The summed E-state index contributed by atoms with van der Waals surface area (Å²) in [6, 6.07) is 0. The molecule has 0 rings (SSSR count). The second-order valence-electron chi connectivity index (χ2n) is 2.39. The van der Waals surface area contributed by atoms with Crippen molar-refractivity contribution in [1.82, 2.24) is 0 Å². The lowest BCUT2D eigenvalue weighted by molar-refractivity contribution is 0.635. The van der Waals surface area contributed by atoms with Crippen molar-refractivity contribution in [2.24, 2.45) is 0 Å². The van der Waals surface area contributed by atoms with Crippen LogP contribution in [0.15, 0.2) is 0 Å². The van der Waals surface area contributed by atoms with Crippen molar-refractivity contribution in [2.45, 2.75) is 45.4 Å². The third-order valence-electron chi connectivity index (χ3n) is 1.44. The minimum Gasteiger partial charge on any atom is -0.369 e. The first-order valence-electron chi connectivity index (χ1n) is 3.87. The van der Waals surface area contributed by atoms with E-state index in [1.165, 1.54) is 38.5 Å². The van der Waals surface area contributed by atoms with Crippen LogP contribution in [0.5, 0.6) is 0 Å². The standard InChI is InChI=1S/C8H17S/c1-2-3-4-5-6-7-8-9/h8-9H,2-7H2,1H3/q-1. The van der Waals surface area contributed by atoms with Gasteiger partial charge in [0, 0.05) is 0 Å². The topological polar surface area (TPSA) is 0 Å². The summed E-state index contributed by atoms with van der Waals surface area (Å²) >= 11 is 4.02. The summed E-state index contributed by atoms with van der Waals surface area (Å²) in [5.41, 5.74) is 0. The van der Waals surface area contributed by atoms with Gasteiger partial charge in [-0.2, -0.15) is 6.42 Å². The van der Waals surface area contributed by atoms with Crippen molar-refractivity contribution in [3.8, 4) is 0 Å². The fourth-order valence-corrected chi connectivity index (χ4v) is 1.02. The molecule has 0 fully saturated rings. The first kappa shape index (κ1) is 9.35. The molecule has 0 amide bonds. The summed E-state index contributed by atoms with van der Waals surface area (Å²) < 4.78 is 0. The summed E-state index contributed by atoms with van der Waals surface area (Å²) in [7, 11) is 0. The van der Waals surface area contributed by atoms with Crippen LogP contribution in [-0.4, -0.2) is 0 Å². The van der Waals surface area contributed by atoms with Crippen molar-refractivity contribution < 1.29 is 0 Å². The molecular weight excluding hydrogens is 128 g/mol. The lowest BCUT2D eigenvalue weighted by Gasteiger charge is -2.02. The van der Waals surface area contributed by atoms with Gasteiger partial charge in [-0.25, -0.2) is 0 Å². The van der Waals surface area contributed by atoms with Crippen LogP contribution >= 0.6 is 12.6 Å². The second kappa shape index (κ2) is 8.35. The Balaban J connectivity index is 2.60. The van der Waals surface area contributed by atoms with Crippen LogP contribution in [0.2, 0.25) is 0 Å². The van der Waals surface area contributed by atoms with E-state index in [1.54, 1.807) is 0 Å². The molecule has 0 heterocycles. The highest BCUT2D eigenvalue weighted by atomic mass is 32.1. The SMILES string of the molecule is CCCCCCC[CH-]S. The zero-order chi connectivity index (χ0) is 6.95. The number of hydrogen-bond acceptors (Lipinski definition) is 1. The van der Waals surface area contributed by atoms with Crippen LogP contribution in [0.4, 0.5) is 0 Å². The van der Waals surface area contributed by atoms with Gasteiger partial charge in [-0.05, 0) is 0 Å². The molecule has 1 heteroatoms. The number of unbranched alkanes of at least 4 members (excludes halogenated alkanes) is 5. The van der Waals surface area contributed by atoms with E-state index < -0.39 is 0 Å². The monoisotopic (exact) mass is 145 g/mol. The Bertz CT molecular complexity index is 37.8. The van der Waals surface area contributed by atoms with E-state index in [1.807, 2.05) is 5.75 Å². The molecule has 0 aromatic heterocycles. The molecule has 0 aromatic rings. The van der Waals surface area contributed by atoms with Gasteiger partial charge >= 0.3 is 0 Å². The van der Waals surface area contributed by atoms with Crippen molar-refractivity contribution in [1.29, 1.82) is 0 Å². The lowest BCUT2D eigenvalue weighted by Crippen LogP contribution is -1.75. The summed E-state index contributed by atoms with van der Waals surface area (Å²) in [6.45, 7) is 2.24. The Hall–Kier alpha value is 0.350. The minimum atomic E-state index is 1.17. The summed E-state index contributed by atoms with van der Waals surface area (Å²) in [4.78, 5) is 0. The largest absolute Gasteiger partial charge is 0.369 e. The Labute approximate surface area is 64.4 Å². The molecule has 9 heavy (non-hydrogen) atoms. The van der Waals surface area contributed by atoms with Crippen LogP contribution in [0.1, 0.15) is 45.4 Å². The smallest absolute Gasteiger partial charge is 0.0534 e. The van der Waals surface area contributed by atoms with Crippen molar-refractivity contribution in [3.05, 3.63) is 5.75 Å². The molecule has 0 aliphatic heterocycles. The van der Waals surface area contributed by atoms with Crippen LogP contribution in [0.3, 0.4) is 0 Å². The quantitative estimate of drug-likeness (QED) is 0.330. The lowest BCUT2D eigenvalue weighted by atomic mass is 10.1. The van der Waals surface area contributed by atoms with Gasteiger partial charge in [0.25, 0.3) is 0 Å². The van der Waals surface area contributed by atoms with Crippen molar-refractivity contribution >= 4 is 12.6 Å². The maximum Gasteiger partial charge on any atom is -0.0534 e. The number of thiol groups is 1. The first-order valence-corrected chi connectivity index (χ1v) is 4.39. The van der Waals surface area contributed by atoms with Crippen molar-refractivity contribution in [3.63, 3.8) is 0 Å². The predicted octanol–water partition coefficient (Wildman–Crippen LogP) is 3.44. The Morgan fingerprint density at radius 3 is 2.33 bits per heavy atom. The van der Waals surface area contributed by atoms with E-state index in [-0.39, 0.29) is 0 Å². The summed E-state index contributed by atoms with van der Waals surface area (Å²) in [6.07, 6.45) is 8.01. The number of rotatable bonds is 6. The van der Waals surface area contributed by atoms with E-state index in [4.69, 9.17) is 0 Å². The van der Waals surface area contributed by atoms with Gasteiger partial charge in [-0.1, -0.05) is 39.0 Å². The number of hydrogen-bond donors (Lipinski definition) is 1. The first-order chi connectivity index (χ1) is 4.41. The Kier molecular flexibility index (Phi) is 8.67. The van der Waals surface area contributed by atoms with Gasteiger partial charge in [0.15, 0.2) is 0 Å². The molecule has 0 saturated carbocycles. The summed E-state index contributed by atoms with van der Waals surface area (Å²) in [5, 5.41) is 0.